The third-order valence-electron chi connectivity index (χ3n) is 3.99. The molecule has 0 radical (unpaired) electrons. The Bertz CT molecular complexity index is 484. The van der Waals surface area contributed by atoms with E-state index in [0.29, 0.717) is 37.2 Å². The van der Waals surface area contributed by atoms with Crippen molar-refractivity contribution in [2.75, 3.05) is 30.1 Å². The molecule has 0 amide bonds. The number of hydrogen-bond acceptors (Lipinski definition) is 8. The SMILES string of the molecule is CCOc1nc(NN)nc(N2CCOC3CCCCC32)n1. The van der Waals surface area contributed by atoms with E-state index in [9.17, 15) is 0 Å². The minimum atomic E-state index is 0.272. The number of nitrogens with two attached hydrogens (primary N) is 1. The van der Waals surface area contributed by atoms with Gasteiger partial charge in [0.2, 0.25) is 11.9 Å². The lowest BCUT2D eigenvalue weighted by Crippen LogP contribution is -2.53. The summed E-state index contributed by atoms with van der Waals surface area (Å²) in [6.07, 6.45) is 4.92. The number of morpholine rings is 1. The lowest BCUT2D eigenvalue weighted by atomic mass is 9.90. The van der Waals surface area contributed by atoms with Gasteiger partial charge in [0.05, 0.1) is 25.4 Å². The summed E-state index contributed by atoms with van der Waals surface area (Å²) in [5, 5.41) is 0. The van der Waals surface area contributed by atoms with Gasteiger partial charge in [0.15, 0.2) is 0 Å². The zero-order chi connectivity index (χ0) is 14.7. The predicted molar refractivity (Wildman–Crippen MR) is 78.1 cm³/mol. The Morgan fingerprint density at radius 1 is 1.33 bits per heavy atom. The summed E-state index contributed by atoms with van der Waals surface area (Å²) < 4.78 is 11.3. The van der Waals surface area contributed by atoms with Crippen molar-refractivity contribution in [3.05, 3.63) is 0 Å². The van der Waals surface area contributed by atoms with Crippen molar-refractivity contribution in [2.24, 2.45) is 5.84 Å². The molecule has 8 nitrogen and oxygen atoms in total. The molecule has 0 spiro atoms. The van der Waals surface area contributed by atoms with Gasteiger partial charge in [0.1, 0.15) is 0 Å². The van der Waals surface area contributed by atoms with Crippen LogP contribution >= 0.6 is 0 Å². The second-order valence-corrected chi connectivity index (χ2v) is 5.27. The third-order valence-corrected chi connectivity index (χ3v) is 3.99. The summed E-state index contributed by atoms with van der Waals surface area (Å²) in [5.74, 6) is 6.38. The Labute approximate surface area is 124 Å². The minimum absolute atomic E-state index is 0.272. The molecule has 2 aliphatic rings. The van der Waals surface area contributed by atoms with Crippen molar-refractivity contribution in [2.45, 2.75) is 44.8 Å². The number of nitrogens with one attached hydrogen (secondary N) is 1. The van der Waals surface area contributed by atoms with Gasteiger partial charge in [0.25, 0.3) is 0 Å². The normalized spacial score (nSPS) is 25.3. The van der Waals surface area contributed by atoms with E-state index in [4.69, 9.17) is 15.3 Å². The van der Waals surface area contributed by atoms with Gasteiger partial charge in [-0.2, -0.15) is 15.0 Å². The van der Waals surface area contributed by atoms with Crippen LogP contribution in [0.2, 0.25) is 0 Å². The topological polar surface area (TPSA) is 98.4 Å². The molecule has 2 heterocycles. The van der Waals surface area contributed by atoms with Gasteiger partial charge in [-0.25, -0.2) is 5.84 Å². The van der Waals surface area contributed by atoms with Crippen molar-refractivity contribution in [3.8, 4) is 6.01 Å². The number of rotatable bonds is 4. The quantitative estimate of drug-likeness (QED) is 0.618. The summed E-state index contributed by atoms with van der Waals surface area (Å²) in [5.41, 5.74) is 2.48. The van der Waals surface area contributed by atoms with Crippen molar-refractivity contribution in [1.29, 1.82) is 0 Å². The van der Waals surface area contributed by atoms with E-state index >= 15 is 0 Å². The Balaban J connectivity index is 1.88. The number of hydrazine groups is 1. The highest BCUT2D eigenvalue weighted by molar-refractivity contribution is 5.40. The maximum absolute atomic E-state index is 5.88. The molecule has 1 saturated heterocycles. The molecule has 0 aromatic carbocycles. The van der Waals surface area contributed by atoms with E-state index in [0.717, 1.165) is 19.4 Å². The molecule has 8 heteroatoms. The van der Waals surface area contributed by atoms with Crippen LogP contribution in [-0.4, -0.2) is 46.9 Å². The number of nitrogens with zero attached hydrogens (tertiary/aromatic N) is 4. The Kier molecular flexibility index (Phi) is 4.35. The molecule has 21 heavy (non-hydrogen) atoms. The number of nitrogen functional groups attached to an aromatic ring is 1. The van der Waals surface area contributed by atoms with Gasteiger partial charge in [-0.3, -0.25) is 5.43 Å². The first-order valence-electron chi connectivity index (χ1n) is 7.55. The van der Waals surface area contributed by atoms with Crippen LogP contribution in [0.1, 0.15) is 32.6 Å². The molecule has 2 atom stereocenters. The molecule has 1 aromatic heterocycles. The van der Waals surface area contributed by atoms with E-state index in [1.165, 1.54) is 12.8 Å². The number of fused-ring (bicyclic) bond motifs is 1. The smallest absolute Gasteiger partial charge is 0.323 e. The van der Waals surface area contributed by atoms with E-state index in [-0.39, 0.29) is 6.10 Å². The zero-order valence-corrected chi connectivity index (χ0v) is 12.3. The first-order chi connectivity index (χ1) is 10.3. The van der Waals surface area contributed by atoms with Gasteiger partial charge in [0, 0.05) is 6.54 Å². The van der Waals surface area contributed by atoms with Crippen LogP contribution in [0.3, 0.4) is 0 Å². The first kappa shape index (κ1) is 14.3. The van der Waals surface area contributed by atoms with Crippen LogP contribution in [0.25, 0.3) is 0 Å². The van der Waals surface area contributed by atoms with Gasteiger partial charge >= 0.3 is 6.01 Å². The number of anilines is 2. The Hall–Kier alpha value is -1.67. The average molecular weight is 294 g/mol. The summed E-state index contributed by atoms with van der Waals surface area (Å²) in [7, 11) is 0. The van der Waals surface area contributed by atoms with Gasteiger partial charge in [-0.15, -0.1) is 0 Å². The van der Waals surface area contributed by atoms with Crippen LogP contribution in [0.4, 0.5) is 11.9 Å². The van der Waals surface area contributed by atoms with E-state index in [1.54, 1.807) is 0 Å². The van der Waals surface area contributed by atoms with Crippen LogP contribution in [0.5, 0.6) is 6.01 Å². The van der Waals surface area contributed by atoms with Crippen molar-refractivity contribution >= 4 is 11.9 Å². The van der Waals surface area contributed by atoms with Crippen LogP contribution in [0, 0.1) is 0 Å². The predicted octanol–water partition coefficient (Wildman–Crippen LogP) is 0.704. The van der Waals surface area contributed by atoms with E-state index in [2.05, 4.69) is 25.3 Å². The van der Waals surface area contributed by atoms with Crippen molar-refractivity contribution in [1.82, 2.24) is 15.0 Å². The second kappa shape index (κ2) is 6.40. The van der Waals surface area contributed by atoms with Crippen LogP contribution in [0.15, 0.2) is 0 Å². The fraction of sp³-hybridized carbons (Fsp3) is 0.769. The van der Waals surface area contributed by atoms with Crippen molar-refractivity contribution in [3.63, 3.8) is 0 Å². The molecule has 1 aliphatic carbocycles. The molecule has 1 aliphatic heterocycles. The van der Waals surface area contributed by atoms with Crippen LogP contribution < -0.4 is 20.9 Å². The maximum atomic E-state index is 5.88. The van der Waals surface area contributed by atoms with E-state index < -0.39 is 0 Å². The Morgan fingerprint density at radius 2 is 2.19 bits per heavy atom. The van der Waals surface area contributed by atoms with Gasteiger partial charge in [-0.05, 0) is 19.8 Å². The zero-order valence-electron chi connectivity index (χ0n) is 12.3. The molecule has 1 saturated carbocycles. The maximum Gasteiger partial charge on any atom is 0.323 e. The molecule has 2 unspecified atom stereocenters. The lowest BCUT2D eigenvalue weighted by Gasteiger charge is -2.43. The molecule has 1 aromatic rings. The molecule has 116 valence electrons. The third kappa shape index (κ3) is 3.01. The highest BCUT2D eigenvalue weighted by atomic mass is 16.5. The standard InChI is InChI=1S/C13H22N6O2/c1-2-20-13-16-11(18-14)15-12(17-13)19-7-8-21-10-6-4-3-5-9(10)19/h9-10H,2-8,14H2,1H3,(H,15,16,17,18). The highest BCUT2D eigenvalue weighted by Crippen LogP contribution is 2.31. The molecule has 3 N–H and O–H groups in total. The molecular weight excluding hydrogens is 272 g/mol. The fourth-order valence-electron chi connectivity index (χ4n) is 3.08. The molecule has 3 rings (SSSR count). The number of hydrogen-bond donors (Lipinski definition) is 2. The minimum Gasteiger partial charge on any atom is -0.464 e. The summed E-state index contributed by atoms with van der Waals surface area (Å²) in [6, 6.07) is 0.629. The lowest BCUT2D eigenvalue weighted by molar-refractivity contribution is -0.00937. The summed E-state index contributed by atoms with van der Waals surface area (Å²) in [4.78, 5) is 15.1. The number of ether oxygens (including phenoxy) is 2. The largest absolute Gasteiger partial charge is 0.464 e. The van der Waals surface area contributed by atoms with E-state index in [1.807, 2.05) is 6.92 Å². The van der Waals surface area contributed by atoms with Crippen LogP contribution in [-0.2, 0) is 4.74 Å². The fourth-order valence-corrected chi connectivity index (χ4v) is 3.08. The number of aromatic nitrogens is 3. The van der Waals surface area contributed by atoms with Crippen molar-refractivity contribution < 1.29 is 9.47 Å². The monoisotopic (exact) mass is 294 g/mol. The second-order valence-electron chi connectivity index (χ2n) is 5.27. The van der Waals surface area contributed by atoms with Gasteiger partial charge < -0.3 is 14.4 Å². The summed E-state index contributed by atoms with van der Waals surface area (Å²) in [6.45, 7) is 3.87. The molecular formula is C13H22N6O2. The first-order valence-corrected chi connectivity index (χ1v) is 7.55. The average Bonchev–Trinajstić information content (AvgIpc) is 2.54. The Morgan fingerprint density at radius 3 is 3.00 bits per heavy atom. The van der Waals surface area contributed by atoms with Gasteiger partial charge in [-0.1, -0.05) is 12.8 Å². The molecule has 2 fully saturated rings. The summed E-state index contributed by atoms with van der Waals surface area (Å²) >= 11 is 0. The highest BCUT2D eigenvalue weighted by Gasteiger charge is 2.35. The molecule has 0 bridgehead atoms.